The number of halogens is 1. The van der Waals surface area contributed by atoms with E-state index < -0.39 is 0 Å². The zero-order chi connectivity index (χ0) is 10.3. The van der Waals surface area contributed by atoms with Crippen LogP contribution in [0.1, 0.15) is 0 Å². The molecule has 3 rings (SSSR count). The van der Waals surface area contributed by atoms with Crippen molar-refractivity contribution in [2.24, 2.45) is 0 Å². The van der Waals surface area contributed by atoms with Crippen molar-refractivity contribution in [1.82, 2.24) is 9.38 Å². The molecule has 0 saturated carbocycles. The number of rotatable bonds is 1. The van der Waals surface area contributed by atoms with Crippen LogP contribution in [0.15, 0.2) is 47.3 Å². The van der Waals surface area contributed by atoms with E-state index in [4.69, 9.17) is 16.0 Å². The molecule has 4 heteroatoms. The second kappa shape index (κ2) is 3.14. The lowest BCUT2D eigenvalue weighted by atomic mass is 10.4. The Morgan fingerprint density at radius 3 is 3.00 bits per heavy atom. The van der Waals surface area contributed by atoms with Crippen molar-refractivity contribution >= 4 is 17.1 Å². The summed E-state index contributed by atoms with van der Waals surface area (Å²) >= 11 is 6.04. The molecular weight excluding hydrogens is 212 g/mol. The number of fused-ring (bicyclic) bond motifs is 1. The molecule has 3 heterocycles. The van der Waals surface area contributed by atoms with Crippen LogP contribution in [0, 0.1) is 0 Å². The Morgan fingerprint density at radius 2 is 2.20 bits per heavy atom. The molecule has 0 aliphatic rings. The number of pyridine rings is 1. The molecule has 0 fully saturated rings. The van der Waals surface area contributed by atoms with Crippen LogP contribution in [0.4, 0.5) is 0 Å². The van der Waals surface area contributed by atoms with Crippen molar-refractivity contribution in [2.75, 3.05) is 0 Å². The van der Waals surface area contributed by atoms with Gasteiger partial charge in [0.15, 0.2) is 11.6 Å². The van der Waals surface area contributed by atoms with Crippen molar-refractivity contribution in [3.8, 4) is 11.6 Å². The fourth-order valence-electron chi connectivity index (χ4n) is 1.58. The lowest BCUT2D eigenvalue weighted by molar-refractivity contribution is 0.577. The Hall–Kier alpha value is -1.74. The van der Waals surface area contributed by atoms with Gasteiger partial charge in [-0.25, -0.2) is 4.98 Å². The van der Waals surface area contributed by atoms with Crippen LogP contribution in [0.25, 0.3) is 17.1 Å². The van der Waals surface area contributed by atoms with E-state index in [0.717, 1.165) is 17.1 Å². The monoisotopic (exact) mass is 218 g/mol. The summed E-state index contributed by atoms with van der Waals surface area (Å²) in [6.45, 7) is 0. The standard InChI is InChI=1S/C11H7ClN2O/c12-8-3-1-5-14-9(8)7-13-11(14)10-4-2-6-15-10/h1-7H. The Balaban J connectivity index is 2.34. The first-order chi connectivity index (χ1) is 7.36. The average molecular weight is 219 g/mol. The van der Waals surface area contributed by atoms with Crippen LogP contribution in [0.2, 0.25) is 5.02 Å². The summed E-state index contributed by atoms with van der Waals surface area (Å²) in [6.07, 6.45) is 5.27. The lowest BCUT2D eigenvalue weighted by Crippen LogP contribution is -1.87. The van der Waals surface area contributed by atoms with Crippen LogP contribution in [-0.2, 0) is 0 Å². The minimum atomic E-state index is 0.683. The fourth-order valence-corrected chi connectivity index (χ4v) is 1.79. The molecule has 0 aliphatic heterocycles. The van der Waals surface area contributed by atoms with E-state index in [0.29, 0.717) is 5.02 Å². The minimum Gasteiger partial charge on any atom is -0.461 e. The lowest BCUT2D eigenvalue weighted by Gasteiger charge is -1.98. The normalized spacial score (nSPS) is 11.0. The molecule has 15 heavy (non-hydrogen) atoms. The molecule has 0 spiro atoms. The van der Waals surface area contributed by atoms with Crippen LogP contribution >= 0.6 is 11.6 Å². The van der Waals surface area contributed by atoms with E-state index in [9.17, 15) is 0 Å². The maximum absolute atomic E-state index is 6.04. The van der Waals surface area contributed by atoms with E-state index in [1.807, 2.05) is 34.9 Å². The summed E-state index contributed by atoms with van der Waals surface area (Å²) < 4.78 is 7.20. The predicted molar refractivity (Wildman–Crippen MR) is 57.9 cm³/mol. The Bertz CT molecular complexity index is 598. The Kier molecular flexibility index (Phi) is 1.79. The number of aromatic nitrogens is 2. The molecule has 0 radical (unpaired) electrons. The molecular formula is C11H7ClN2O. The van der Waals surface area contributed by atoms with Crippen molar-refractivity contribution < 1.29 is 4.42 Å². The highest BCUT2D eigenvalue weighted by atomic mass is 35.5. The van der Waals surface area contributed by atoms with Crippen LogP contribution < -0.4 is 0 Å². The molecule has 0 aliphatic carbocycles. The Labute approximate surface area is 90.9 Å². The van der Waals surface area contributed by atoms with Gasteiger partial charge in [0, 0.05) is 6.20 Å². The second-order valence-electron chi connectivity index (χ2n) is 3.17. The van der Waals surface area contributed by atoms with Crippen molar-refractivity contribution in [2.45, 2.75) is 0 Å². The van der Waals surface area contributed by atoms with Gasteiger partial charge in [0.2, 0.25) is 0 Å². The van der Waals surface area contributed by atoms with Gasteiger partial charge in [0.25, 0.3) is 0 Å². The van der Waals surface area contributed by atoms with Crippen LogP contribution in [0.5, 0.6) is 0 Å². The van der Waals surface area contributed by atoms with Gasteiger partial charge in [-0.2, -0.15) is 0 Å². The largest absolute Gasteiger partial charge is 0.461 e. The number of hydrogen-bond acceptors (Lipinski definition) is 2. The van der Waals surface area contributed by atoms with Gasteiger partial charge in [-0.15, -0.1) is 0 Å². The van der Waals surface area contributed by atoms with Gasteiger partial charge in [-0.1, -0.05) is 11.6 Å². The summed E-state index contributed by atoms with van der Waals surface area (Å²) in [4.78, 5) is 4.28. The molecule has 3 aromatic heterocycles. The molecule has 0 atom stereocenters. The third kappa shape index (κ3) is 1.24. The van der Waals surface area contributed by atoms with E-state index in [1.54, 1.807) is 12.5 Å². The molecule has 3 nitrogen and oxygen atoms in total. The third-order valence-electron chi connectivity index (χ3n) is 2.26. The molecule has 3 aromatic rings. The average Bonchev–Trinajstić information content (AvgIpc) is 2.85. The summed E-state index contributed by atoms with van der Waals surface area (Å²) in [6, 6.07) is 7.42. The van der Waals surface area contributed by atoms with Crippen molar-refractivity contribution in [1.29, 1.82) is 0 Å². The Morgan fingerprint density at radius 1 is 1.27 bits per heavy atom. The van der Waals surface area contributed by atoms with Crippen LogP contribution in [0.3, 0.4) is 0 Å². The summed E-state index contributed by atoms with van der Waals surface area (Å²) in [5.41, 5.74) is 0.880. The maximum Gasteiger partial charge on any atom is 0.180 e. The molecule has 0 unspecified atom stereocenters. The summed E-state index contributed by atoms with van der Waals surface area (Å²) in [7, 11) is 0. The zero-order valence-electron chi connectivity index (χ0n) is 7.72. The molecule has 0 N–H and O–H groups in total. The third-order valence-corrected chi connectivity index (χ3v) is 2.58. The highest BCUT2D eigenvalue weighted by Gasteiger charge is 2.09. The van der Waals surface area contributed by atoms with Gasteiger partial charge < -0.3 is 4.42 Å². The highest BCUT2D eigenvalue weighted by molar-refractivity contribution is 6.33. The van der Waals surface area contributed by atoms with E-state index in [2.05, 4.69) is 4.98 Å². The first-order valence-electron chi connectivity index (χ1n) is 4.52. The van der Waals surface area contributed by atoms with Crippen molar-refractivity contribution in [3.05, 3.63) is 47.9 Å². The van der Waals surface area contributed by atoms with Crippen LogP contribution in [-0.4, -0.2) is 9.38 Å². The highest BCUT2D eigenvalue weighted by Crippen LogP contribution is 2.24. The number of hydrogen-bond donors (Lipinski definition) is 0. The molecule has 0 aromatic carbocycles. The molecule has 0 saturated heterocycles. The molecule has 74 valence electrons. The number of imidazole rings is 1. The van der Waals surface area contributed by atoms with Gasteiger partial charge in [-0.3, -0.25) is 4.40 Å². The second-order valence-corrected chi connectivity index (χ2v) is 3.58. The first-order valence-corrected chi connectivity index (χ1v) is 4.89. The first kappa shape index (κ1) is 8.56. The van der Waals surface area contributed by atoms with Gasteiger partial charge >= 0.3 is 0 Å². The maximum atomic E-state index is 6.04. The SMILES string of the molecule is Clc1cccn2c(-c3ccco3)ncc12. The van der Waals surface area contributed by atoms with E-state index >= 15 is 0 Å². The number of nitrogens with zero attached hydrogens (tertiary/aromatic N) is 2. The fraction of sp³-hybridized carbons (Fsp3) is 0. The molecule has 0 amide bonds. The molecule has 0 bridgehead atoms. The zero-order valence-corrected chi connectivity index (χ0v) is 8.48. The van der Waals surface area contributed by atoms with Gasteiger partial charge in [0.05, 0.1) is 23.0 Å². The quantitative estimate of drug-likeness (QED) is 0.628. The number of furan rings is 1. The smallest absolute Gasteiger partial charge is 0.180 e. The minimum absolute atomic E-state index is 0.683. The summed E-state index contributed by atoms with van der Waals surface area (Å²) in [5.74, 6) is 1.50. The topological polar surface area (TPSA) is 30.4 Å². The van der Waals surface area contributed by atoms with Gasteiger partial charge in [0.1, 0.15) is 0 Å². The summed E-state index contributed by atoms with van der Waals surface area (Å²) in [5, 5.41) is 0.683. The van der Waals surface area contributed by atoms with Gasteiger partial charge in [-0.05, 0) is 24.3 Å². The predicted octanol–water partition coefficient (Wildman–Crippen LogP) is 3.25. The van der Waals surface area contributed by atoms with E-state index in [-0.39, 0.29) is 0 Å². The van der Waals surface area contributed by atoms with E-state index in [1.165, 1.54) is 0 Å². The van der Waals surface area contributed by atoms with Crippen molar-refractivity contribution in [3.63, 3.8) is 0 Å².